The van der Waals surface area contributed by atoms with E-state index in [1.54, 1.807) is 4.52 Å². The van der Waals surface area contributed by atoms with Crippen molar-refractivity contribution in [2.45, 2.75) is 53.5 Å². The van der Waals surface area contributed by atoms with Gasteiger partial charge >= 0.3 is 0 Å². The summed E-state index contributed by atoms with van der Waals surface area (Å²) >= 11 is 3.42. The van der Waals surface area contributed by atoms with Crippen LogP contribution in [0.25, 0.3) is 5.52 Å². The minimum absolute atomic E-state index is 0.331. The lowest BCUT2D eigenvalue weighted by Gasteiger charge is -2.17. The van der Waals surface area contributed by atoms with E-state index in [2.05, 4.69) is 33.3 Å². The Morgan fingerprint density at radius 3 is 2.52 bits per heavy atom. The van der Waals surface area contributed by atoms with E-state index in [4.69, 9.17) is 5.73 Å². The predicted octanol–water partition coefficient (Wildman–Crippen LogP) is 4.46. The predicted molar refractivity (Wildman–Crippen MR) is 99.9 cm³/mol. The third-order valence-electron chi connectivity index (χ3n) is 3.57. The first kappa shape index (κ1) is 19.5. The molecule has 1 aliphatic carbocycles. The number of carbonyl (C=O) groups excluding carboxylic acids is 1. The van der Waals surface area contributed by atoms with Crippen molar-refractivity contribution < 1.29 is 4.79 Å². The molecule has 0 radical (unpaired) electrons. The van der Waals surface area contributed by atoms with Crippen LogP contribution in [0.2, 0.25) is 0 Å². The van der Waals surface area contributed by atoms with Gasteiger partial charge in [0.25, 0.3) is 5.91 Å². The van der Waals surface area contributed by atoms with Crippen molar-refractivity contribution in [2.75, 3.05) is 5.32 Å². The Morgan fingerprint density at radius 2 is 2.00 bits per heavy atom. The second kappa shape index (κ2) is 8.91. The van der Waals surface area contributed by atoms with E-state index in [1.807, 2.05) is 40.0 Å². The van der Waals surface area contributed by atoms with Gasteiger partial charge in [-0.15, -0.1) is 0 Å². The number of fused-ring (bicyclic) bond motifs is 1. The first-order valence-electron chi connectivity index (χ1n) is 8.29. The van der Waals surface area contributed by atoms with Gasteiger partial charge in [0.15, 0.2) is 0 Å². The summed E-state index contributed by atoms with van der Waals surface area (Å²) in [5, 5.41) is 7.63. The van der Waals surface area contributed by atoms with Crippen LogP contribution in [0, 0.1) is 5.92 Å². The second-order valence-electron chi connectivity index (χ2n) is 5.06. The molecule has 0 aliphatic heterocycles. The van der Waals surface area contributed by atoms with E-state index in [9.17, 15) is 4.79 Å². The number of anilines is 1. The molecule has 1 unspecified atom stereocenters. The maximum atomic E-state index is 11.6. The zero-order valence-corrected chi connectivity index (χ0v) is 16.1. The quantitative estimate of drug-likeness (QED) is 0.819. The number of primary amides is 1. The van der Waals surface area contributed by atoms with Gasteiger partial charge in [0.1, 0.15) is 0 Å². The number of carbonyl (C=O) groups is 1. The van der Waals surface area contributed by atoms with E-state index in [0.717, 1.165) is 15.7 Å². The molecule has 3 N–H and O–H groups in total. The molecule has 5 nitrogen and oxygen atoms in total. The number of halogens is 1. The summed E-state index contributed by atoms with van der Waals surface area (Å²) in [5.41, 5.74) is 7.50. The van der Waals surface area contributed by atoms with Crippen molar-refractivity contribution in [2.24, 2.45) is 11.7 Å². The van der Waals surface area contributed by atoms with E-state index in [-0.39, 0.29) is 0 Å². The molecule has 2 heterocycles. The first-order chi connectivity index (χ1) is 11.1. The van der Waals surface area contributed by atoms with Crippen molar-refractivity contribution in [3.63, 3.8) is 0 Å². The van der Waals surface area contributed by atoms with E-state index in [0.29, 0.717) is 17.5 Å². The van der Waals surface area contributed by atoms with Crippen LogP contribution in [-0.2, 0) is 0 Å². The fraction of sp³-hybridized carbons (Fsp3) is 0.529. The monoisotopic (exact) mass is 382 g/mol. The molecule has 3 rings (SSSR count). The molecule has 128 valence electrons. The Balaban J connectivity index is 0.000000615. The maximum Gasteiger partial charge on any atom is 0.252 e. The minimum atomic E-state index is -0.460. The largest absolute Gasteiger partial charge is 0.380 e. The lowest BCUT2D eigenvalue weighted by Crippen LogP contribution is -2.22. The smallest absolute Gasteiger partial charge is 0.252 e. The second-order valence-corrected chi connectivity index (χ2v) is 5.97. The van der Waals surface area contributed by atoms with Gasteiger partial charge in [0.05, 0.1) is 23.0 Å². The summed E-state index contributed by atoms with van der Waals surface area (Å²) in [7, 11) is 0. The highest BCUT2D eigenvalue weighted by molar-refractivity contribution is 9.10. The summed E-state index contributed by atoms with van der Waals surface area (Å²) in [6.45, 7) is 10.1. The molecule has 2 aromatic heterocycles. The lowest BCUT2D eigenvalue weighted by molar-refractivity contribution is 0.100. The normalized spacial score (nSPS) is 14.2. The van der Waals surface area contributed by atoms with Crippen LogP contribution in [0.15, 0.2) is 22.9 Å². The molecule has 1 fully saturated rings. The molecular formula is C17H27BrN4O. The number of rotatable bonds is 4. The Hall–Kier alpha value is -1.56. The molecule has 1 amide bonds. The van der Waals surface area contributed by atoms with Crippen LogP contribution in [0.3, 0.4) is 0 Å². The number of hydrogen-bond donors (Lipinski definition) is 2. The Labute approximate surface area is 146 Å². The number of amides is 1. The van der Waals surface area contributed by atoms with Gasteiger partial charge in [-0.1, -0.05) is 27.7 Å². The molecule has 0 bridgehead atoms. The first-order valence-corrected chi connectivity index (χ1v) is 9.09. The number of nitrogens with one attached hydrogen (secondary N) is 1. The summed E-state index contributed by atoms with van der Waals surface area (Å²) in [5.74, 6) is 0.227. The average Bonchev–Trinajstić information content (AvgIpc) is 3.33. The molecular weight excluding hydrogens is 356 g/mol. The number of aromatic nitrogens is 2. The van der Waals surface area contributed by atoms with Gasteiger partial charge < -0.3 is 11.1 Å². The number of nitrogens with zero attached hydrogens (tertiary/aromatic N) is 2. The van der Waals surface area contributed by atoms with Gasteiger partial charge in [-0.25, -0.2) is 4.52 Å². The van der Waals surface area contributed by atoms with Crippen LogP contribution >= 0.6 is 15.9 Å². The highest BCUT2D eigenvalue weighted by Crippen LogP contribution is 2.35. The van der Waals surface area contributed by atoms with Crippen LogP contribution in [0.4, 0.5) is 5.69 Å². The van der Waals surface area contributed by atoms with Gasteiger partial charge in [-0.2, -0.15) is 5.10 Å². The fourth-order valence-electron chi connectivity index (χ4n) is 2.31. The van der Waals surface area contributed by atoms with Gasteiger partial charge in [0.2, 0.25) is 0 Å². The lowest BCUT2D eigenvalue weighted by atomic mass is 10.1. The molecule has 23 heavy (non-hydrogen) atoms. The maximum absolute atomic E-state index is 11.6. The third kappa shape index (κ3) is 4.70. The van der Waals surface area contributed by atoms with E-state index in [1.165, 1.54) is 19.0 Å². The van der Waals surface area contributed by atoms with Gasteiger partial charge in [0, 0.05) is 16.7 Å². The topological polar surface area (TPSA) is 72.4 Å². The molecule has 1 saturated carbocycles. The molecule has 0 aromatic carbocycles. The average molecular weight is 383 g/mol. The fourth-order valence-corrected chi connectivity index (χ4v) is 2.72. The number of nitrogens with two attached hydrogens (primary N) is 1. The highest BCUT2D eigenvalue weighted by Gasteiger charge is 2.29. The third-order valence-corrected chi connectivity index (χ3v) is 4.00. The van der Waals surface area contributed by atoms with E-state index < -0.39 is 5.91 Å². The van der Waals surface area contributed by atoms with Crippen molar-refractivity contribution in [3.8, 4) is 0 Å². The molecule has 6 heteroatoms. The number of hydrogen-bond acceptors (Lipinski definition) is 3. The molecule has 0 spiro atoms. The Bertz CT molecular complexity index is 649. The zero-order valence-electron chi connectivity index (χ0n) is 14.6. The standard InChI is InChI=1S/C13H15BrN4O.2C2H6/c1-7(8-2-3-8)17-12-10(13(15)19)5-16-18-6-9(14)4-11(12)18;2*1-2/h4-8,17H,2-3H2,1H3,(H2,15,19);2*1-2H3. The molecule has 0 saturated heterocycles. The van der Waals surface area contributed by atoms with Crippen LogP contribution in [0.1, 0.15) is 57.8 Å². The summed E-state index contributed by atoms with van der Waals surface area (Å²) < 4.78 is 2.65. The molecule has 2 aromatic rings. The van der Waals surface area contributed by atoms with Crippen LogP contribution in [-0.4, -0.2) is 21.6 Å². The van der Waals surface area contributed by atoms with Crippen LogP contribution in [0.5, 0.6) is 0 Å². The SMILES string of the molecule is CC.CC.CC(Nc1c(C(N)=O)cnn2cc(Br)cc12)C1CC1. The van der Waals surface area contributed by atoms with Crippen molar-refractivity contribution in [1.29, 1.82) is 0 Å². The molecule has 1 atom stereocenters. The minimum Gasteiger partial charge on any atom is -0.380 e. The Morgan fingerprint density at radius 1 is 1.39 bits per heavy atom. The van der Waals surface area contributed by atoms with Crippen LogP contribution < -0.4 is 11.1 Å². The summed E-state index contributed by atoms with van der Waals surface area (Å²) in [6.07, 6.45) is 5.86. The highest BCUT2D eigenvalue weighted by atomic mass is 79.9. The Kier molecular flexibility index (Phi) is 7.55. The van der Waals surface area contributed by atoms with Crippen molar-refractivity contribution in [3.05, 3.63) is 28.5 Å². The van der Waals surface area contributed by atoms with E-state index >= 15 is 0 Å². The summed E-state index contributed by atoms with van der Waals surface area (Å²) in [6, 6.07) is 2.26. The van der Waals surface area contributed by atoms with Gasteiger partial charge in [-0.3, -0.25) is 4.79 Å². The van der Waals surface area contributed by atoms with Gasteiger partial charge in [-0.05, 0) is 47.7 Å². The van der Waals surface area contributed by atoms with Crippen molar-refractivity contribution >= 4 is 33.0 Å². The summed E-state index contributed by atoms with van der Waals surface area (Å²) in [4.78, 5) is 11.6. The van der Waals surface area contributed by atoms with Crippen molar-refractivity contribution in [1.82, 2.24) is 9.61 Å². The molecule has 1 aliphatic rings. The zero-order chi connectivity index (χ0) is 17.6.